The third-order valence-corrected chi connectivity index (χ3v) is 3.31. The van der Waals surface area contributed by atoms with Crippen LogP contribution in [0.3, 0.4) is 0 Å². The Morgan fingerprint density at radius 3 is 2.83 bits per heavy atom. The van der Waals surface area contributed by atoms with Gasteiger partial charge >= 0.3 is 11.9 Å². The lowest BCUT2D eigenvalue weighted by atomic mass is 10.1. The van der Waals surface area contributed by atoms with E-state index in [4.69, 9.17) is 6.57 Å². The summed E-state index contributed by atoms with van der Waals surface area (Å²) in [4.78, 5) is 19.3. The van der Waals surface area contributed by atoms with Crippen LogP contribution in [0.25, 0.3) is 4.85 Å². The van der Waals surface area contributed by atoms with Crippen molar-refractivity contribution in [2.45, 2.75) is 33.2 Å². The minimum atomic E-state index is -0.554. The maximum atomic E-state index is 12.5. The fourth-order valence-corrected chi connectivity index (χ4v) is 2.01. The molecule has 0 aliphatic heterocycles. The average molecular weight is 326 g/mol. The molecule has 0 aliphatic carbocycles. The highest BCUT2D eigenvalue weighted by Crippen LogP contribution is 2.26. The number of azo groups is 1. The van der Waals surface area contributed by atoms with Crippen LogP contribution in [0.2, 0.25) is 0 Å². The van der Waals surface area contributed by atoms with Gasteiger partial charge in [-0.2, -0.15) is 5.26 Å². The lowest BCUT2D eigenvalue weighted by molar-refractivity contribution is 0.399. The van der Waals surface area contributed by atoms with E-state index in [9.17, 15) is 15.2 Å². The highest BCUT2D eigenvalue weighted by molar-refractivity contribution is 5.56. The van der Waals surface area contributed by atoms with E-state index in [0.717, 1.165) is 11.0 Å². The van der Waals surface area contributed by atoms with Gasteiger partial charge in [0.25, 0.3) is 5.56 Å². The van der Waals surface area contributed by atoms with Gasteiger partial charge in [-0.1, -0.05) is 23.6 Å². The first-order chi connectivity index (χ1) is 11.5. The Bertz CT molecular complexity index is 926. The Labute approximate surface area is 136 Å². The van der Waals surface area contributed by atoms with Crippen molar-refractivity contribution < 1.29 is 5.11 Å². The molecular weight excluding hydrogens is 312 g/mol. The van der Waals surface area contributed by atoms with Crippen molar-refractivity contribution in [3.63, 3.8) is 0 Å². The van der Waals surface area contributed by atoms with Crippen LogP contribution < -0.4 is 5.56 Å². The maximum absolute atomic E-state index is 12.5. The fourth-order valence-electron chi connectivity index (χ4n) is 2.01. The number of nitrogens with one attached hydrogen (secondary N) is 1. The van der Waals surface area contributed by atoms with E-state index in [1.807, 2.05) is 13.0 Å². The van der Waals surface area contributed by atoms with Crippen LogP contribution in [0.1, 0.15) is 30.9 Å². The molecule has 10 nitrogen and oxygen atoms in total. The number of aromatic hydroxyl groups is 1. The van der Waals surface area contributed by atoms with Crippen LogP contribution in [0.4, 0.5) is 17.6 Å². The number of nitrogens with zero attached hydrogens (tertiary/aromatic N) is 7. The SMILES string of the molecule is [C-]#[N+]c1nc(N=Nc2c(C)c(C#N)c(O)n(CCCC)c2=O)n[nH]1. The number of hydrogen-bond acceptors (Lipinski definition) is 7. The summed E-state index contributed by atoms with van der Waals surface area (Å²) in [5.41, 5.74) is -0.439. The van der Waals surface area contributed by atoms with Crippen molar-refractivity contribution in [3.05, 3.63) is 32.9 Å². The van der Waals surface area contributed by atoms with Crippen molar-refractivity contribution >= 4 is 17.6 Å². The smallest absolute Gasteiger partial charge is 0.359 e. The van der Waals surface area contributed by atoms with E-state index in [1.165, 1.54) is 6.92 Å². The van der Waals surface area contributed by atoms with Gasteiger partial charge in [0.05, 0.1) is 0 Å². The van der Waals surface area contributed by atoms with Gasteiger partial charge in [-0.3, -0.25) is 9.36 Å². The Morgan fingerprint density at radius 2 is 2.25 bits per heavy atom. The van der Waals surface area contributed by atoms with Gasteiger partial charge in [0.15, 0.2) is 5.69 Å². The third-order valence-electron chi connectivity index (χ3n) is 3.31. The van der Waals surface area contributed by atoms with E-state index in [0.29, 0.717) is 6.42 Å². The Balaban J connectivity index is 2.54. The van der Waals surface area contributed by atoms with Gasteiger partial charge in [0.2, 0.25) is 5.88 Å². The zero-order valence-corrected chi connectivity index (χ0v) is 13.1. The molecule has 122 valence electrons. The summed E-state index contributed by atoms with van der Waals surface area (Å²) >= 11 is 0. The van der Waals surface area contributed by atoms with Crippen molar-refractivity contribution in [3.8, 4) is 11.9 Å². The normalized spacial score (nSPS) is 10.7. The molecular formula is C14H14N8O2. The second-order valence-corrected chi connectivity index (χ2v) is 4.87. The van der Waals surface area contributed by atoms with Gasteiger partial charge in [-0.15, -0.1) is 16.7 Å². The quantitative estimate of drug-likeness (QED) is 0.642. The second-order valence-electron chi connectivity index (χ2n) is 4.87. The third kappa shape index (κ3) is 3.13. The monoisotopic (exact) mass is 326 g/mol. The number of hydrogen-bond donors (Lipinski definition) is 2. The molecule has 0 fully saturated rings. The number of nitriles is 1. The number of pyridine rings is 1. The first-order valence-corrected chi connectivity index (χ1v) is 7.11. The summed E-state index contributed by atoms with van der Waals surface area (Å²) in [5, 5.41) is 32.9. The maximum Gasteiger partial charge on any atom is 0.359 e. The molecule has 0 bridgehead atoms. The van der Waals surface area contributed by atoms with E-state index >= 15 is 0 Å². The van der Waals surface area contributed by atoms with Gasteiger partial charge in [-0.25, -0.2) is 5.10 Å². The number of H-pyrrole nitrogens is 1. The standard InChI is InChI=1S/C14H14N8O2/c1-4-5-6-22-11(23)9(7-15)8(2)10(12(22)24)18-20-14-17-13(16-3)19-21-14/h23H,4-6H2,1-2H3,(H,17,19,21). The number of aromatic amines is 1. The molecule has 0 unspecified atom stereocenters. The molecule has 0 aromatic carbocycles. The fraction of sp³-hybridized carbons (Fsp3) is 0.357. The molecule has 24 heavy (non-hydrogen) atoms. The molecule has 0 radical (unpaired) electrons. The van der Waals surface area contributed by atoms with E-state index in [-0.39, 0.29) is 41.1 Å². The minimum Gasteiger partial charge on any atom is -0.493 e. The summed E-state index contributed by atoms with van der Waals surface area (Å²) in [6.07, 6.45) is 1.47. The zero-order chi connectivity index (χ0) is 17.7. The van der Waals surface area contributed by atoms with Crippen LogP contribution in [-0.4, -0.2) is 24.9 Å². The minimum absolute atomic E-state index is 0.0310. The Kier molecular flexibility index (Phi) is 5.02. The van der Waals surface area contributed by atoms with Crippen LogP contribution >= 0.6 is 0 Å². The van der Waals surface area contributed by atoms with E-state index in [1.54, 1.807) is 0 Å². The average Bonchev–Trinajstić information content (AvgIpc) is 3.03. The van der Waals surface area contributed by atoms with Crippen molar-refractivity contribution in [1.82, 2.24) is 19.7 Å². The van der Waals surface area contributed by atoms with E-state index < -0.39 is 5.56 Å². The van der Waals surface area contributed by atoms with Crippen LogP contribution in [0.5, 0.6) is 5.88 Å². The molecule has 10 heteroatoms. The second kappa shape index (κ2) is 7.15. The Morgan fingerprint density at radius 1 is 1.50 bits per heavy atom. The topological polar surface area (TPSA) is 137 Å². The summed E-state index contributed by atoms with van der Waals surface area (Å²) < 4.78 is 1.10. The van der Waals surface area contributed by atoms with Gasteiger partial charge in [0, 0.05) is 12.1 Å². The molecule has 0 aliphatic rings. The molecule has 2 aromatic heterocycles. The molecule has 2 N–H and O–H groups in total. The van der Waals surface area contributed by atoms with E-state index in [2.05, 4.69) is 30.3 Å². The molecule has 2 rings (SSSR count). The number of aromatic nitrogens is 4. The largest absolute Gasteiger partial charge is 0.493 e. The molecule has 0 atom stereocenters. The van der Waals surface area contributed by atoms with Crippen LogP contribution in [0.15, 0.2) is 15.0 Å². The molecule has 0 saturated heterocycles. The predicted octanol–water partition coefficient (Wildman–Crippen LogP) is 2.62. The number of unbranched alkanes of at least 4 members (excludes halogenated alkanes) is 1. The van der Waals surface area contributed by atoms with Crippen molar-refractivity contribution in [2.24, 2.45) is 10.2 Å². The first-order valence-electron chi connectivity index (χ1n) is 7.11. The number of rotatable bonds is 5. The highest BCUT2D eigenvalue weighted by atomic mass is 16.3. The Hall–Kier alpha value is -3.53. The van der Waals surface area contributed by atoms with Gasteiger partial charge in [0.1, 0.15) is 11.6 Å². The molecule has 0 saturated carbocycles. The lowest BCUT2D eigenvalue weighted by Gasteiger charge is -2.12. The van der Waals surface area contributed by atoms with Crippen molar-refractivity contribution in [2.75, 3.05) is 0 Å². The predicted molar refractivity (Wildman–Crippen MR) is 83.5 cm³/mol. The highest BCUT2D eigenvalue weighted by Gasteiger charge is 2.19. The summed E-state index contributed by atoms with van der Waals surface area (Å²) in [6.45, 7) is 10.5. The van der Waals surface area contributed by atoms with Gasteiger partial charge in [-0.05, 0) is 13.3 Å². The molecule has 0 spiro atoms. The molecule has 2 aromatic rings. The summed E-state index contributed by atoms with van der Waals surface area (Å²) in [5.74, 6) is -0.531. The summed E-state index contributed by atoms with van der Waals surface area (Å²) in [7, 11) is 0. The lowest BCUT2D eigenvalue weighted by Crippen LogP contribution is -2.22. The first kappa shape index (κ1) is 16.8. The van der Waals surface area contributed by atoms with Crippen LogP contribution in [0, 0.1) is 24.8 Å². The summed E-state index contributed by atoms with van der Waals surface area (Å²) in [6, 6.07) is 1.87. The van der Waals surface area contributed by atoms with Gasteiger partial charge < -0.3 is 9.95 Å². The van der Waals surface area contributed by atoms with Crippen molar-refractivity contribution in [1.29, 1.82) is 5.26 Å². The molecule has 2 heterocycles. The zero-order valence-electron chi connectivity index (χ0n) is 13.1. The molecule has 0 amide bonds. The van der Waals surface area contributed by atoms with Crippen LogP contribution in [-0.2, 0) is 6.54 Å².